The van der Waals surface area contributed by atoms with Crippen molar-refractivity contribution in [3.05, 3.63) is 35.4 Å². The largest absolute Gasteiger partial charge is 0.297 e. The van der Waals surface area contributed by atoms with Gasteiger partial charge in [0.25, 0.3) is 0 Å². The molecule has 0 saturated carbocycles. The molecule has 2 rings (SSSR count). The molecule has 0 radical (unpaired) electrons. The molecular formula is C14H20N2. The first-order valence-electron chi connectivity index (χ1n) is 6.26. The second-order valence-corrected chi connectivity index (χ2v) is 4.35. The Morgan fingerprint density at radius 1 is 1.12 bits per heavy atom. The summed E-state index contributed by atoms with van der Waals surface area (Å²) in [5, 5.41) is 6.70. The van der Waals surface area contributed by atoms with Gasteiger partial charge in [-0.1, -0.05) is 31.2 Å². The molecule has 1 aliphatic heterocycles. The zero-order chi connectivity index (χ0) is 11.2. The predicted molar refractivity (Wildman–Crippen MR) is 68.8 cm³/mol. The van der Waals surface area contributed by atoms with Crippen molar-refractivity contribution in [1.82, 2.24) is 5.01 Å². The summed E-state index contributed by atoms with van der Waals surface area (Å²) in [7, 11) is 0. The van der Waals surface area contributed by atoms with Gasteiger partial charge in [-0.3, -0.25) is 5.01 Å². The molecule has 1 aliphatic rings. The van der Waals surface area contributed by atoms with Gasteiger partial charge in [0.1, 0.15) is 0 Å². The molecule has 0 unspecified atom stereocenters. The predicted octanol–water partition coefficient (Wildman–Crippen LogP) is 3.07. The summed E-state index contributed by atoms with van der Waals surface area (Å²) in [5.41, 5.74) is 2.58. The molecule has 1 saturated heterocycles. The second-order valence-electron chi connectivity index (χ2n) is 4.35. The highest BCUT2D eigenvalue weighted by molar-refractivity contribution is 5.79. The first kappa shape index (κ1) is 11.2. The molecule has 0 aliphatic carbocycles. The van der Waals surface area contributed by atoms with Gasteiger partial charge in [0, 0.05) is 13.1 Å². The molecule has 0 amide bonds. The summed E-state index contributed by atoms with van der Waals surface area (Å²) in [6, 6.07) is 8.65. The van der Waals surface area contributed by atoms with E-state index in [2.05, 4.69) is 41.3 Å². The maximum Gasteiger partial charge on any atom is 0.0542 e. The van der Waals surface area contributed by atoms with E-state index in [0.29, 0.717) is 0 Å². The normalized spacial score (nSPS) is 16.9. The van der Waals surface area contributed by atoms with E-state index >= 15 is 0 Å². The van der Waals surface area contributed by atoms with Gasteiger partial charge in [0.2, 0.25) is 0 Å². The molecule has 86 valence electrons. The lowest BCUT2D eigenvalue weighted by atomic mass is 10.1. The van der Waals surface area contributed by atoms with Crippen molar-refractivity contribution in [2.75, 3.05) is 13.1 Å². The Morgan fingerprint density at radius 3 is 2.44 bits per heavy atom. The highest BCUT2D eigenvalue weighted by Crippen LogP contribution is 2.09. The number of benzene rings is 1. The first-order valence-corrected chi connectivity index (χ1v) is 6.26. The van der Waals surface area contributed by atoms with Crippen LogP contribution in [0.15, 0.2) is 29.4 Å². The van der Waals surface area contributed by atoms with Gasteiger partial charge in [-0.25, -0.2) is 0 Å². The van der Waals surface area contributed by atoms with Crippen LogP contribution in [-0.4, -0.2) is 24.3 Å². The van der Waals surface area contributed by atoms with Crippen molar-refractivity contribution in [2.45, 2.75) is 32.6 Å². The SMILES string of the molecule is CCc1ccc(C=NN2CCCCC2)cc1. The lowest BCUT2D eigenvalue weighted by Gasteiger charge is -2.23. The fourth-order valence-electron chi connectivity index (χ4n) is 1.98. The summed E-state index contributed by atoms with van der Waals surface area (Å²) < 4.78 is 0. The Balaban J connectivity index is 1.94. The van der Waals surface area contributed by atoms with Gasteiger partial charge in [-0.05, 0) is 36.8 Å². The number of hydrazone groups is 1. The lowest BCUT2D eigenvalue weighted by Crippen LogP contribution is -2.24. The maximum absolute atomic E-state index is 4.52. The number of piperidine rings is 1. The first-order chi connectivity index (χ1) is 7.88. The third kappa shape index (κ3) is 3.09. The van der Waals surface area contributed by atoms with Crippen LogP contribution in [0.3, 0.4) is 0 Å². The van der Waals surface area contributed by atoms with Crippen LogP contribution in [0.25, 0.3) is 0 Å². The van der Waals surface area contributed by atoms with Crippen molar-refractivity contribution in [2.24, 2.45) is 5.10 Å². The van der Waals surface area contributed by atoms with E-state index in [1.807, 2.05) is 6.21 Å². The van der Waals surface area contributed by atoms with Crippen molar-refractivity contribution >= 4 is 6.21 Å². The number of aryl methyl sites for hydroxylation is 1. The second kappa shape index (κ2) is 5.69. The minimum absolute atomic E-state index is 1.10. The highest BCUT2D eigenvalue weighted by atomic mass is 15.4. The van der Waals surface area contributed by atoms with Crippen LogP contribution in [-0.2, 0) is 6.42 Å². The van der Waals surface area contributed by atoms with Gasteiger partial charge >= 0.3 is 0 Å². The summed E-state index contributed by atoms with van der Waals surface area (Å²) in [6.45, 7) is 4.41. The molecule has 16 heavy (non-hydrogen) atoms. The highest BCUT2D eigenvalue weighted by Gasteiger charge is 2.05. The lowest BCUT2D eigenvalue weighted by molar-refractivity contribution is 0.240. The number of hydrogen-bond donors (Lipinski definition) is 0. The minimum atomic E-state index is 1.10. The molecule has 2 nitrogen and oxygen atoms in total. The van der Waals surface area contributed by atoms with Gasteiger partial charge in [-0.2, -0.15) is 5.10 Å². The third-order valence-electron chi connectivity index (χ3n) is 3.09. The molecule has 0 spiro atoms. The Morgan fingerprint density at radius 2 is 1.81 bits per heavy atom. The maximum atomic E-state index is 4.52. The molecule has 1 heterocycles. The fraction of sp³-hybridized carbons (Fsp3) is 0.500. The standard InChI is InChI=1S/C14H20N2/c1-2-13-6-8-14(9-7-13)12-15-16-10-4-3-5-11-16/h6-9,12H,2-5,10-11H2,1H3. The van der Waals surface area contributed by atoms with Crippen LogP contribution < -0.4 is 0 Å². The van der Waals surface area contributed by atoms with Crippen molar-refractivity contribution in [1.29, 1.82) is 0 Å². The molecule has 1 fully saturated rings. The van der Waals surface area contributed by atoms with E-state index in [0.717, 1.165) is 19.5 Å². The van der Waals surface area contributed by atoms with E-state index in [9.17, 15) is 0 Å². The molecule has 0 bridgehead atoms. The quantitative estimate of drug-likeness (QED) is 0.709. The zero-order valence-corrected chi connectivity index (χ0v) is 10.0. The van der Waals surface area contributed by atoms with E-state index in [-0.39, 0.29) is 0 Å². The smallest absolute Gasteiger partial charge is 0.0542 e. The van der Waals surface area contributed by atoms with Crippen molar-refractivity contribution < 1.29 is 0 Å². The Hall–Kier alpha value is -1.31. The Bertz CT molecular complexity index is 334. The third-order valence-corrected chi connectivity index (χ3v) is 3.09. The molecule has 2 heteroatoms. The minimum Gasteiger partial charge on any atom is -0.297 e. The molecule has 0 atom stereocenters. The summed E-state index contributed by atoms with van der Waals surface area (Å²) >= 11 is 0. The van der Waals surface area contributed by atoms with Gasteiger partial charge in [0.15, 0.2) is 0 Å². The van der Waals surface area contributed by atoms with Crippen LogP contribution in [0.4, 0.5) is 0 Å². The zero-order valence-electron chi connectivity index (χ0n) is 10.0. The van der Waals surface area contributed by atoms with Crippen LogP contribution in [0.5, 0.6) is 0 Å². The van der Waals surface area contributed by atoms with E-state index < -0.39 is 0 Å². The number of rotatable bonds is 3. The van der Waals surface area contributed by atoms with E-state index in [1.165, 1.54) is 30.4 Å². The van der Waals surface area contributed by atoms with Gasteiger partial charge in [-0.15, -0.1) is 0 Å². The topological polar surface area (TPSA) is 15.6 Å². The summed E-state index contributed by atoms with van der Waals surface area (Å²) in [5.74, 6) is 0. The van der Waals surface area contributed by atoms with Crippen LogP contribution in [0, 0.1) is 0 Å². The number of hydrogen-bond acceptors (Lipinski definition) is 2. The van der Waals surface area contributed by atoms with Gasteiger partial charge < -0.3 is 0 Å². The molecule has 1 aromatic rings. The van der Waals surface area contributed by atoms with Crippen LogP contribution >= 0.6 is 0 Å². The van der Waals surface area contributed by atoms with Crippen LogP contribution in [0.1, 0.15) is 37.3 Å². The molecule has 0 aromatic heterocycles. The van der Waals surface area contributed by atoms with Crippen molar-refractivity contribution in [3.8, 4) is 0 Å². The van der Waals surface area contributed by atoms with Gasteiger partial charge in [0.05, 0.1) is 6.21 Å². The van der Waals surface area contributed by atoms with Crippen molar-refractivity contribution in [3.63, 3.8) is 0 Å². The molecular weight excluding hydrogens is 196 g/mol. The Labute approximate surface area is 98.0 Å². The van der Waals surface area contributed by atoms with Crippen LogP contribution in [0.2, 0.25) is 0 Å². The molecule has 0 N–H and O–H groups in total. The number of nitrogens with zero attached hydrogens (tertiary/aromatic N) is 2. The summed E-state index contributed by atoms with van der Waals surface area (Å²) in [4.78, 5) is 0. The summed E-state index contributed by atoms with van der Waals surface area (Å²) in [6.07, 6.45) is 7.00. The average Bonchev–Trinajstić information content (AvgIpc) is 2.38. The Kier molecular flexibility index (Phi) is 3.97. The monoisotopic (exact) mass is 216 g/mol. The average molecular weight is 216 g/mol. The fourth-order valence-corrected chi connectivity index (χ4v) is 1.98. The van der Waals surface area contributed by atoms with E-state index in [4.69, 9.17) is 0 Å². The molecule has 1 aromatic carbocycles. The van der Waals surface area contributed by atoms with E-state index in [1.54, 1.807) is 0 Å².